The molecule has 1 fully saturated rings. The molecule has 0 spiro atoms. The summed E-state index contributed by atoms with van der Waals surface area (Å²) in [5, 5.41) is 2.80. The SMILES string of the molecule is COC[C@H](C)NC(=O)c1ccc(S(=O)(=O)N2CCC(C)CC2)cc1. The lowest BCUT2D eigenvalue weighted by Gasteiger charge is -2.29. The molecular formula is C17H26N2O4S. The molecule has 0 unspecified atom stereocenters. The van der Waals surface area contributed by atoms with Gasteiger partial charge in [0.2, 0.25) is 10.0 Å². The third kappa shape index (κ3) is 4.55. The molecule has 1 aromatic carbocycles. The van der Waals surface area contributed by atoms with Gasteiger partial charge < -0.3 is 10.1 Å². The molecule has 6 nitrogen and oxygen atoms in total. The van der Waals surface area contributed by atoms with Gasteiger partial charge in [-0.05, 0) is 49.9 Å². The van der Waals surface area contributed by atoms with Crippen LogP contribution in [0.25, 0.3) is 0 Å². The fraction of sp³-hybridized carbons (Fsp3) is 0.588. The third-order valence-electron chi connectivity index (χ3n) is 4.29. The van der Waals surface area contributed by atoms with E-state index in [1.807, 2.05) is 6.92 Å². The van der Waals surface area contributed by atoms with E-state index in [1.165, 1.54) is 16.4 Å². The van der Waals surface area contributed by atoms with Crippen LogP contribution < -0.4 is 5.32 Å². The number of ether oxygens (including phenoxy) is 1. The Morgan fingerprint density at radius 1 is 1.29 bits per heavy atom. The molecule has 0 aliphatic carbocycles. The topological polar surface area (TPSA) is 75.7 Å². The largest absolute Gasteiger partial charge is 0.383 e. The summed E-state index contributed by atoms with van der Waals surface area (Å²) in [6, 6.07) is 6.00. The van der Waals surface area contributed by atoms with Gasteiger partial charge in [-0.2, -0.15) is 4.31 Å². The van der Waals surface area contributed by atoms with Gasteiger partial charge in [-0.3, -0.25) is 4.79 Å². The van der Waals surface area contributed by atoms with E-state index in [9.17, 15) is 13.2 Å². The molecule has 1 aromatic rings. The van der Waals surface area contributed by atoms with Gasteiger partial charge in [0.15, 0.2) is 0 Å². The monoisotopic (exact) mass is 354 g/mol. The molecule has 0 bridgehead atoms. The first-order chi connectivity index (χ1) is 11.3. The average Bonchev–Trinajstić information content (AvgIpc) is 2.55. The van der Waals surface area contributed by atoms with E-state index < -0.39 is 10.0 Å². The highest BCUT2D eigenvalue weighted by atomic mass is 32.2. The Morgan fingerprint density at radius 2 is 1.88 bits per heavy atom. The maximum Gasteiger partial charge on any atom is 0.251 e. The van der Waals surface area contributed by atoms with Crippen LogP contribution in [0.15, 0.2) is 29.2 Å². The highest BCUT2D eigenvalue weighted by molar-refractivity contribution is 7.89. The van der Waals surface area contributed by atoms with Crippen LogP contribution in [0.5, 0.6) is 0 Å². The summed E-state index contributed by atoms with van der Waals surface area (Å²) in [7, 11) is -1.90. The van der Waals surface area contributed by atoms with Gasteiger partial charge in [0, 0.05) is 31.8 Å². The molecule has 1 aliphatic rings. The summed E-state index contributed by atoms with van der Waals surface area (Å²) < 4.78 is 31.8. The number of methoxy groups -OCH3 is 1. The number of piperidine rings is 1. The maximum atomic E-state index is 12.6. The number of benzene rings is 1. The molecule has 0 aromatic heterocycles. The number of hydrogen-bond donors (Lipinski definition) is 1. The van der Waals surface area contributed by atoms with Crippen LogP contribution >= 0.6 is 0 Å². The summed E-state index contributed by atoms with van der Waals surface area (Å²) in [5.74, 6) is 0.326. The van der Waals surface area contributed by atoms with Crippen molar-refractivity contribution in [1.29, 1.82) is 0 Å². The Balaban J connectivity index is 2.07. The van der Waals surface area contributed by atoms with Gasteiger partial charge >= 0.3 is 0 Å². The Bertz CT molecular complexity index is 650. The molecule has 7 heteroatoms. The van der Waals surface area contributed by atoms with Crippen molar-refractivity contribution in [3.8, 4) is 0 Å². The van der Waals surface area contributed by atoms with Crippen molar-refractivity contribution in [3.05, 3.63) is 29.8 Å². The Labute approximate surface area is 144 Å². The Kier molecular flexibility index (Phi) is 6.37. The highest BCUT2D eigenvalue weighted by Gasteiger charge is 2.28. The maximum absolute atomic E-state index is 12.6. The van der Waals surface area contributed by atoms with E-state index in [0.29, 0.717) is 31.2 Å². The second-order valence-corrected chi connectivity index (χ2v) is 8.38. The summed E-state index contributed by atoms with van der Waals surface area (Å²) >= 11 is 0. The molecule has 1 amide bonds. The van der Waals surface area contributed by atoms with Crippen molar-refractivity contribution in [1.82, 2.24) is 9.62 Å². The lowest BCUT2D eigenvalue weighted by atomic mass is 10.0. The van der Waals surface area contributed by atoms with E-state index >= 15 is 0 Å². The minimum atomic E-state index is -3.48. The number of sulfonamides is 1. The first-order valence-corrected chi connectivity index (χ1v) is 9.68. The number of carbonyl (C=O) groups excluding carboxylic acids is 1. The fourth-order valence-corrected chi connectivity index (χ4v) is 4.22. The molecule has 1 aliphatic heterocycles. The van der Waals surface area contributed by atoms with Gasteiger partial charge in [-0.1, -0.05) is 6.92 Å². The molecule has 0 radical (unpaired) electrons. The first kappa shape index (κ1) is 18.9. The normalized spacial score (nSPS) is 18.3. The highest BCUT2D eigenvalue weighted by Crippen LogP contribution is 2.23. The average molecular weight is 354 g/mol. The molecule has 1 heterocycles. The van der Waals surface area contributed by atoms with Gasteiger partial charge in [0.05, 0.1) is 11.5 Å². The molecule has 1 N–H and O–H groups in total. The van der Waals surface area contributed by atoms with Crippen LogP contribution in [0, 0.1) is 5.92 Å². The molecule has 24 heavy (non-hydrogen) atoms. The predicted octanol–water partition coefficient (Wildman–Crippen LogP) is 1.87. The minimum absolute atomic E-state index is 0.110. The van der Waals surface area contributed by atoms with Crippen molar-refractivity contribution in [2.75, 3.05) is 26.8 Å². The van der Waals surface area contributed by atoms with Crippen molar-refractivity contribution in [2.45, 2.75) is 37.6 Å². The predicted molar refractivity (Wildman–Crippen MR) is 92.4 cm³/mol. The Hall–Kier alpha value is -1.44. The van der Waals surface area contributed by atoms with Crippen LogP contribution in [-0.4, -0.2) is 51.5 Å². The van der Waals surface area contributed by atoms with Gasteiger partial charge in [0.1, 0.15) is 0 Å². The summed E-state index contributed by atoms with van der Waals surface area (Å²) in [4.78, 5) is 12.3. The number of amides is 1. The lowest BCUT2D eigenvalue weighted by Crippen LogP contribution is -2.38. The van der Waals surface area contributed by atoms with Gasteiger partial charge in [-0.25, -0.2) is 8.42 Å². The molecule has 1 atom stereocenters. The zero-order chi connectivity index (χ0) is 17.7. The minimum Gasteiger partial charge on any atom is -0.383 e. The smallest absolute Gasteiger partial charge is 0.251 e. The summed E-state index contributed by atoms with van der Waals surface area (Å²) in [6.45, 7) is 5.52. The van der Waals surface area contributed by atoms with Crippen LogP contribution in [0.4, 0.5) is 0 Å². The summed E-state index contributed by atoms with van der Waals surface area (Å²) in [5.41, 5.74) is 0.434. The third-order valence-corrected chi connectivity index (χ3v) is 6.20. The van der Waals surface area contributed by atoms with E-state index in [2.05, 4.69) is 12.2 Å². The molecule has 2 rings (SSSR count). The standard InChI is InChI=1S/C17H26N2O4S/c1-13-8-10-19(11-9-13)24(21,22)16-6-4-15(5-7-16)17(20)18-14(2)12-23-3/h4-7,13-14H,8-12H2,1-3H3,(H,18,20)/t14-/m0/s1. The number of carbonyl (C=O) groups is 1. The molecule has 1 saturated heterocycles. The van der Waals surface area contributed by atoms with Crippen LogP contribution in [0.2, 0.25) is 0 Å². The number of hydrogen-bond acceptors (Lipinski definition) is 4. The van der Waals surface area contributed by atoms with Crippen molar-refractivity contribution in [3.63, 3.8) is 0 Å². The van der Waals surface area contributed by atoms with Crippen LogP contribution in [0.1, 0.15) is 37.0 Å². The second kappa shape index (κ2) is 8.09. The number of nitrogens with one attached hydrogen (secondary N) is 1. The number of nitrogens with zero attached hydrogens (tertiary/aromatic N) is 1. The number of rotatable bonds is 6. The zero-order valence-electron chi connectivity index (χ0n) is 14.5. The fourth-order valence-electron chi connectivity index (χ4n) is 2.75. The molecule has 0 saturated carbocycles. The van der Waals surface area contributed by atoms with E-state index in [4.69, 9.17) is 4.74 Å². The lowest BCUT2D eigenvalue weighted by molar-refractivity contribution is 0.0905. The van der Waals surface area contributed by atoms with E-state index in [0.717, 1.165) is 12.8 Å². The van der Waals surface area contributed by atoms with Crippen molar-refractivity contribution >= 4 is 15.9 Å². The van der Waals surface area contributed by atoms with E-state index in [-0.39, 0.29) is 16.8 Å². The van der Waals surface area contributed by atoms with Crippen LogP contribution in [0.3, 0.4) is 0 Å². The Morgan fingerprint density at radius 3 is 2.42 bits per heavy atom. The quantitative estimate of drug-likeness (QED) is 0.846. The van der Waals surface area contributed by atoms with Crippen molar-refractivity contribution < 1.29 is 17.9 Å². The van der Waals surface area contributed by atoms with Crippen LogP contribution in [-0.2, 0) is 14.8 Å². The zero-order valence-corrected chi connectivity index (χ0v) is 15.3. The van der Waals surface area contributed by atoms with Gasteiger partial charge in [-0.15, -0.1) is 0 Å². The van der Waals surface area contributed by atoms with Crippen molar-refractivity contribution in [2.24, 2.45) is 5.92 Å². The van der Waals surface area contributed by atoms with Gasteiger partial charge in [0.25, 0.3) is 5.91 Å². The second-order valence-electron chi connectivity index (χ2n) is 6.44. The summed E-state index contributed by atoms with van der Waals surface area (Å²) in [6.07, 6.45) is 1.77. The van der Waals surface area contributed by atoms with E-state index in [1.54, 1.807) is 19.2 Å². The molecular weight excluding hydrogens is 328 g/mol. The molecule has 134 valence electrons. The first-order valence-electron chi connectivity index (χ1n) is 8.24.